The van der Waals surface area contributed by atoms with Crippen LogP contribution in [-0.2, 0) is 0 Å². The Morgan fingerprint density at radius 1 is 1.26 bits per heavy atom. The van der Waals surface area contributed by atoms with Gasteiger partial charge in [0.25, 0.3) is 0 Å². The van der Waals surface area contributed by atoms with Crippen LogP contribution in [0.15, 0.2) is 4.99 Å². The minimum atomic E-state index is 0. The summed E-state index contributed by atoms with van der Waals surface area (Å²) >= 11 is 2.07. The van der Waals surface area contributed by atoms with E-state index in [4.69, 9.17) is 0 Å². The maximum atomic E-state index is 4.50. The zero-order chi connectivity index (χ0) is 16.0. The van der Waals surface area contributed by atoms with Gasteiger partial charge in [-0.05, 0) is 58.7 Å². The highest BCUT2D eigenvalue weighted by Crippen LogP contribution is 2.29. The number of nitrogens with one attached hydrogen (secondary N) is 1. The number of nitrogens with zero attached hydrogens (tertiary/aromatic N) is 3. The zero-order valence-electron chi connectivity index (χ0n) is 15.3. The van der Waals surface area contributed by atoms with Crippen LogP contribution in [0.3, 0.4) is 0 Å². The van der Waals surface area contributed by atoms with Gasteiger partial charge in [-0.25, -0.2) is 0 Å². The molecule has 2 aliphatic rings. The van der Waals surface area contributed by atoms with E-state index in [1.165, 1.54) is 44.6 Å². The van der Waals surface area contributed by atoms with Crippen molar-refractivity contribution in [1.29, 1.82) is 0 Å². The quantitative estimate of drug-likeness (QED) is 0.402. The van der Waals surface area contributed by atoms with Gasteiger partial charge in [-0.15, -0.1) is 24.0 Å². The molecule has 0 saturated carbocycles. The number of hydrogen-bond donors (Lipinski definition) is 1. The molecule has 4 nitrogen and oxygen atoms in total. The average molecular weight is 454 g/mol. The fraction of sp³-hybridized carbons (Fsp3) is 0.941. The number of hydrogen-bond acceptors (Lipinski definition) is 3. The maximum absolute atomic E-state index is 4.50. The van der Waals surface area contributed by atoms with Crippen LogP contribution in [0, 0.1) is 5.92 Å². The summed E-state index contributed by atoms with van der Waals surface area (Å²) in [7, 11) is 1.91. The van der Waals surface area contributed by atoms with Gasteiger partial charge in [0, 0.05) is 37.2 Å². The first kappa shape index (κ1) is 21.4. The average Bonchev–Trinajstić information content (AvgIpc) is 2.51. The van der Waals surface area contributed by atoms with E-state index < -0.39 is 0 Å². The Labute approximate surface area is 164 Å². The summed E-state index contributed by atoms with van der Waals surface area (Å²) in [6, 6.07) is 0. The van der Waals surface area contributed by atoms with Gasteiger partial charge >= 0.3 is 0 Å². The lowest BCUT2D eigenvalue weighted by Gasteiger charge is -2.39. The van der Waals surface area contributed by atoms with Gasteiger partial charge in [0.2, 0.25) is 0 Å². The summed E-state index contributed by atoms with van der Waals surface area (Å²) in [5, 5.41) is 3.60. The second-order valence-electron chi connectivity index (χ2n) is 7.17. The summed E-state index contributed by atoms with van der Waals surface area (Å²) in [6.07, 6.45) is 4.01. The Morgan fingerprint density at radius 2 is 1.96 bits per heavy atom. The predicted octanol–water partition coefficient (Wildman–Crippen LogP) is 3.13. The molecule has 0 unspecified atom stereocenters. The Hall–Kier alpha value is 0.310. The number of piperidine rings is 1. The third kappa shape index (κ3) is 6.98. The lowest BCUT2D eigenvalue weighted by Crippen LogP contribution is -2.51. The summed E-state index contributed by atoms with van der Waals surface area (Å²) in [5.74, 6) is 3.18. The van der Waals surface area contributed by atoms with Crippen molar-refractivity contribution in [1.82, 2.24) is 15.1 Å². The van der Waals surface area contributed by atoms with Crippen molar-refractivity contribution in [2.24, 2.45) is 10.9 Å². The van der Waals surface area contributed by atoms with Crippen molar-refractivity contribution < 1.29 is 0 Å². The minimum Gasteiger partial charge on any atom is -0.356 e. The van der Waals surface area contributed by atoms with E-state index in [9.17, 15) is 0 Å². The molecule has 0 spiro atoms. The van der Waals surface area contributed by atoms with Crippen LogP contribution >= 0.6 is 35.7 Å². The SMILES string of the molecule is CCN1CCC(CCNC(=NC)N2CCSC(C)(C)C2)CC1.I. The van der Waals surface area contributed by atoms with Crippen LogP contribution in [0.2, 0.25) is 0 Å². The monoisotopic (exact) mass is 454 g/mol. The molecule has 2 heterocycles. The molecule has 2 saturated heterocycles. The highest BCUT2D eigenvalue weighted by Gasteiger charge is 2.28. The minimum absolute atomic E-state index is 0. The second kappa shape index (κ2) is 10.3. The molecule has 0 aromatic carbocycles. The highest BCUT2D eigenvalue weighted by atomic mass is 127. The second-order valence-corrected chi connectivity index (χ2v) is 8.97. The van der Waals surface area contributed by atoms with Crippen LogP contribution in [-0.4, -0.2) is 72.6 Å². The smallest absolute Gasteiger partial charge is 0.193 e. The molecule has 0 aliphatic carbocycles. The fourth-order valence-corrected chi connectivity index (χ4v) is 4.62. The number of guanidine groups is 1. The molecule has 0 aromatic heterocycles. The standard InChI is InChI=1S/C17H34N4S.HI/c1-5-20-10-7-15(8-11-20)6-9-19-16(18-4)21-12-13-22-17(2,3)14-21;/h15H,5-14H2,1-4H3,(H,18,19);1H. The molecule has 0 atom stereocenters. The lowest BCUT2D eigenvalue weighted by molar-refractivity contribution is 0.187. The number of likely N-dealkylation sites (tertiary alicyclic amines) is 1. The molecule has 2 rings (SSSR count). The van der Waals surface area contributed by atoms with Crippen molar-refractivity contribution in [3.8, 4) is 0 Å². The number of rotatable bonds is 4. The van der Waals surface area contributed by atoms with Crippen LogP contribution in [0.25, 0.3) is 0 Å². The fourth-order valence-electron chi connectivity index (χ4n) is 3.51. The molecule has 0 amide bonds. The normalized spacial score (nSPS) is 23.5. The molecule has 2 fully saturated rings. The van der Waals surface area contributed by atoms with Crippen LogP contribution in [0.5, 0.6) is 0 Å². The van der Waals surface area contributed by atoms with E-state index in [1.54, 1.807) is 0 Å². The molecule has 136 valence electrons. The molecule has 1 N–H and O–H groups in total. The van der Waals surface area contributed by atoms with Crippen LogP contribution < -0.4 is 5.32 Å². The number of thioether (sulfide) groups is 1. The first-order valence-electron chi connectivity index (χ1n) is 8.86. The third-order valence-corrected chi connectivity index (χ3v) is 6.22. The maximum Gasteiger partial charge on any atom is 0.193 e. The molecule has 2 aliphatic heterocycles. The van der Waals surface area contributed by atoms with Gasteiger partial charge in [-0.2, -0.15) is 11.8 Å². The number of halogens is 1. The molecule has 6 heteroatoms. The van der Waals surface area contributed by atoms with E-state index in [1.807, 2.05) is 7.05 Å². The molecule has 23 heavy (non-hydrogen) atoms. The Bertz CT molecular complexity index is 368. The van der Waals surface area contributed by atoms with Crippen molar-refractivity contribution in [3.05, 3.63) is 0 Å². The largest absolute Gasteiger partial charge is 0.356 e. The summed E-state index contributed by atoms with van der Waals surface area (Å²) in [5.41, 5.74) is 0. The first-order valence-corrected chi connectivity index (χ1v) is 9.84. The summed E-state index contributed by atoms with van der Waals surface area (Å²) in [6.45, 7) is 14.0. The van der Waals surface area contributed by atoms with E-state index in [-0.39, 0.29) is 24.0 Å². The Kier molecular flexibility index (Phi) is 9.59. The van der Waals surface area contributed by atoms with E-state index >= 15 is 0 Å². The van der Waals surface area contributed by atoms with Crippen molar-refractivity contribution >= 4 is 41.7 Å². The molecular weight excluding hydrogens is 419 g/mol. The van der Waals surface area contributed by atoms with E-state index in [2.05, 4.69) is 52.6 Å². The topological polar surface area (TPSA) is 30.9 Å². The zero-order valence-corrected chi connectivity index (χ0v) is 18.5. The van der Waals surface area contributed by atoms with Gasteiger partial charge in [0.05, 0.1) is 0 Å². The molecular formula is C17H35IN4S. The summed E-state index contributed by atoms with van der Waals surface area (Å²) in [4.78, 5) is 9.49. The number of aliphatic imine (C=N–C) groups is 1. The molecule has 0 radical (unpaired) electrons. The van der Waals surface area contributed by atoms with Gasteiger partial charge in [0.1, 0.15) is 0 Å². The predicted molar refractivity (Wildman–Crippen MR) is 114 cm³/mol. The highest BCUT2D eigenvalue weighted by molar-refractivity contribution is 14.0. The Morgan fingerprint density at radius 3 is 2.52 bits per heavy atom. The van der Waals surface area contributed by atoms with Gasteiger partial charge in [0.15, 0.2) is 5.96 Å². The third-order valence-electron chi connectivity index (χ3n) is 4.93. The molecule has 0 aromatic rings. The van der Waals surface area contributed by atoms with Crippen molar-refractivity contribution in [2.45, 2.75) is 44.8 Å². The van der Waals surface area contributed by atoms with Crippen LogP contribution in [0.4, 0.5) is 0 Å². The lowest BCUT2D eigenvalue weighted by atomic mass is 9.93. The first-order chi connectivity index (χ1) is 10.5. The summed E-state index contributed by atoms with van der Waals surface area (Å²) < 4.78 is 0.336. The van der Waals surface area contributed by atoms with Crippen molar-refractivity contribution in [3.63, 3.8) is 0 Å². The van der Waals surface area contributed by atoms with Gasteiger partial charge in [-0.1, -0.05) is 6.92 Å². The molecule has 0 bridgehead atoms. The van der Waals surface area contributed by atoms with E-state index in [0.717, 1.165) is 31.5 Å². The van der Waals surface area contributed by atoms with Crippen LogP contribution in [0.1, 0.15) is 40.0 Å². The van der Waals surface area contributed by atoms with Gasteiger partial charge < -0.3 is 15.1 Å². The Balaban J connectivity index is 0.00000264. The van der Waals surface area contributed by atoms with Gasteiger partial charge in [-0.3, -0.25) is 4.99 Å². The van der Waals surface area contributed by atoms with E-state index in [0.29, 0.717) is 4.75 Å². The van der Waals surface area contributed by atoms with Crippen molar-refractivity contribution in [2.75, 3.05) is 52.1 Å².